The molecular formula is C20H18N6O2S. The Balaban J connectivity index is 1.81. The fraction of sp³-hybridized carbons (Fsp3) is 0.250. The predicted molar refractivity (Wildman–Crippen MR) is 107 cm³/mol. The van der Waals surface area contributed by atoms with Crippen LogP contribution in [0.15, 0.2) is 58.3 Å². The molecule has 0 saturated carbocycles. The van der Waals surface area contributed by atoms with Gasteiger partial charge in [0.1, 0.15) is 0 Å². The van der Waals surface area contributed by atoms with Crippen LogP contribution in [0, 0.1) is 22.7 Å². The number of carbonyl (C=O) groups is 1. The molecule has 0 atom stereocenters. The van der Waals surface area contributed by atoms with Gasteiger partial charge in [-0.1, -0.05) is 30.0 Å². The highest BCUT2D eigenvalue weighted by molar-refractivity contribution is 7.99. The largest absolute Gasteiger partial charge is 0.461 e. The van der Waals surface area contributed by atoms with Crippen LogP contribution in [0.3, 0.4) is 0 Å². The average Bonchev–Trinajstić information content (AvgIpc) is 3.42. The summed E-state index contributed by atoms with van der Waals surface area (Å²) in [6.07, 6.45) is 2.02. The number of carbonyl (C=O) groups excluding carboxylic acids is 1. The van der Waals surface area contributed by atoms with Crippen molar-refractivity contribution < 1.29 is 9.21 Å². The average molecular weight is 406 g/mol. The van der Waals surface area contributed by atoms with E-state index in [2.05, 4.69) is 10.2 Å². The van der Waals surface area contributed by atoms with E-state index in [0.717, 1.165) is 5.69 Å². The Morgan fingerprint density at radius 1 is 1.07 bits per heavy atom. The Hall–Kier alpha value is -3.56. The number of furan rings is 1. The monoisotopic (exact) mass is 406 g/mol. The number of rotatable bonds is 9. The zero-order valence-corrected chi connectivity index (χ0v) is 16.4. The number of nitrogens with zero attached hydrogens (tertiary/aromatic N) is 6. The maximum atomic E-state index is 12.6. The lowest BCUT2D eigenvalue weighted by Gasteiger charge is -2.20. The second-order valence-corrected chi connectivity index (χ2v) is 6.88. The van der Waals surface area contributed by atoms with E-state index in [0.29, 0.717) is 29.8 Å². The van der Waals surface area contributed by atoms with Crippen LogP contribution in [0.2, 0.25) is 0 Å². The SMILES string of the molecule is N#CCCN(CCC#N)C(=O)CSc1nnc(-c2ccco2)n1-c1ccccc1. The lowest BCUT2D eigenvalue weighted by molar-refractivity contribution is -0.128. The number of benzene rings is 1. The van der Waals surface area contributed by atoms with Crippen LogP contribution in [-0.4, -0.2) is 44.4 Å². The van der Waals surface area contributed by atoms with Crippen LogP contribution in [0.25, 0.3) is 17.3 Å². The van der Waals surface area contributed by atoms with E-state index in [9.17, 15) is 4.79 Å². The van der Waals surface area contributed by atoms with Crippen molar-refractivity contribution >= 4 is 17.7 Å². The summed E-state index contributed by atoms with van der Waals surface area (Å²) in [7, 11) is 0. The molecule has 0 bridgehead atoms. The van der Waals surface area contributed by atoms with Gasteiger partial charge in [-0.3, -0.25) is 9.36 Å². The Bertz CT molecular complexity index is 1000. The van der Waals surface area contributed by atoms with E-state index in [1.807, 2.05) is 47.0 Å². The first kappa shape index (κ1) is 20.2. The van der Waals surface area contributed by atoms with Crippen molar-refractivity contribution in [1.82, 2.24) is 19.7 Å². The zero-order chi connectivity index (χ0) is 20.5. The number of thioether (sulfide) groups is 1. The Morgan fingerprint density at radius 3 is 2.41 bits per heavy atom. The normalized spacial score (nSPS) is 10.3. The second-order valence-electron chi connectivity index (χ2n) is 5.94. The summed E-state index contributed by atoms with van der Waals surface area (Å²) in [4.78, 5) is 14.2. The molecule has 29 heavy (non-hydrogen) atoms. The molecular weight excluding hydrogens is 388 g/mol. The van der Waals surface area contributed by atoms with Crippen LogP contribution < -0.4 is 0 Å². The van der Waals surface area contributed by atoms with Gasteiger partial charge in [-0.2, -0.15) is 10.5 Å². The van der Waals surface area contributed by atoms with E-state index in [1.165, 1.54) is 16.7 Å². The Kier molecular flexibility index (Phi) is 7.04. The molecule has 9 heteroatoms. The first-order chi connectivity index (χ1) is 14.2. The molecule has 0 fully saturated rings. The zero-order valence-electron chi connectivity index (χ0n) is 15.6. The Labute approximate surface area is 172 Å². The molecule has 8 nitrogen and oxygen atoms in total. The third-order valence-corrected chi connectivity index (χ3v) is 4.97. The first-order valence-electron chi connectivity index (χ1n) is 8.93. The standard InChI is InChI=1S/C20H18N6O2S/c21-10-5-12-25(13-6-11-22)18(27)15-29-20-24-23-19(17-9-4-14-28-17)26(20)16-7-2-1-3-8-16/h1-4,7-9,14H,5-6,12-13,15H2. The van der Waals surface area contributed by atoms with Crippen LogP contribution >= 0.6 is 11.8 Å². The minimum Gasteiger partial charge on any atom is -0.461 e. The third-order valence-electron chi connectivity index (χ3n) is 4.05. The molecule has 0 N–H and O–H groups in total. The van der Waals surface area contributed by atoms with Gasteiger partial charge in [-0.05, 0) is 24.3 Å². The highest BCUT2D eigenvalue weighted by atomic mass is 32.2. The lowest BCUT2D eigenvalue weighted by atomic mass is 10.3. The molecule has 0 aliphatic heterocycles. The quantitative estimate of drug-likeness (QED) is 0.501. The van der Waals surface area contributed by atoms with Crippen molar-refractivity contribution in [3.63, 3.8) is 0 Å². The van der Waals surface area contributed by atoms with Crippen molar-refractivity contribution in [3.8, 4) is 29.4 Å². The van der Waals surface area contributed by atoms with E-state index < -0.39 is 0 Å². The van der Waals surface area contributed by atoms with E-state index in [-0.39, 0.29) is 24.5 Å². The summed E-state index contributed by atoms with van der Waals surface area (Å²) < 4.78 is 7.32. The van der Waals surface area contributed by atoms with Crippen molar-refractivity contribution in [2.45, 2.75) is 18.0 Å². The van der Waals surface area contributed by atoms with Crippen LogP contribution in [0.1, 0.15) is 12.8 Å². The molecule has 1 amide bonds. The third kappa shape index (κ3) is 5.03. The predicted octanol–water partition coefficient (Wildman–Crippen LogP) is 3.28. The number of hydrogen-bond donors (Lipinski definition) is 0. The molecule has 0 unspecified atom stereocenters. The summed E-state index contributed by atoms with van der Waals surface area (Å²) in [5.41, 5.74) is 0.852. The topological polar surface area (TPSA) is 112 Å². The van der Waals surface area contributed by atoms with Crippen molar-refractivity contribution in [1.29, 1.82) is 10.5 Å². The fourth-order valence-electron chi connectivity index (χ4n) is 2.69. The molecule has 1 aromatic carbocycles. The highest BCUT2D eigenvalue weighted by Gasteiger charge is 2.20. The van der Waals surface area contributed by atoms with Crippen molar-refractivity contribution in [2.24, 2.45) is 0 Å². The van der Waals surface area contributed by atoms with Crippen LogP contribution in [0.4, 0.5) is 0 Å². The Morgan fingerprint density at radius 2 is 1.79 bits per heavy atom. The second kappa shape index (κ2) is 10.1. The number of hydrogen-bond acceptors (Lipinski definition) is 7. The van der Waals surface area contributed by atoms with Gasteiger partial charge >= 0.3 is 0 Å². The molecule has 0 aliphatic rings. The maximum Gasteiger partial charge on any atom is 0.233 e. The maximum absolute atomic E-state index is 12.6. The summed E-state index contributed by atoms with van der Waals surface area (Å²) in [5.74, 6) is 1.09. The van der Waals surface area contributed by atoms with Crippen molar-refractivity contribution in [3.05, 3.63) is 48.7 Å². The molecule has 0 aliphatic carbocycles. The van der Waals surface area contributed by atoms with Crippen LogP contribution in [0.5, 0.6) is 0 Å². The van der Waals surface area contributed by atoms with Gasteiger partial charge in [0, 0.05) is 18.8 Å². The minimum atomic E-state index is -0.150. The van der Waals surface area contributed by atoms with E-state index >= 15 is 0 Å². The van der Waals surface area contributed by atoms with Crippen LogP contribution in [-0.2, 0) is 4.79 Å². The van der Waals surface area contributed by atoms with Crippen molar-refractivity contribution in [2.75, 3.05) is 18.8 Å². The number of nitriles is 2. The van der Waals surface area contributed by atoms with Gasteiger partial charge in [-0.15, -0.1) is 10.2 Å². The van der Waals surface area contributed by atoms with Gasteiger partial charge in [0.05, 0.1) is 37.0 Å². The van der Waals surface area contributed by atoms with Gasteiger partial charge in [0.2, 0.25) is 11.7 Å². The summed E-state index contributed by atoms with van der Waals surface area (Å²) >= 11 is 1.25. The summed E-state index contributed by atoms with van der Waals surface area (Å²) in [6, 6.07) is 17.2. The molecule has 0 radical (unpaired) electrons. The molecule has 0 spiro atoms. The summed E-state index contributed by atoms with van der Waals surface area (Å²) in [6.45, 7) is 0.612. The molecule has 3 rings (SSSR count). The first-order valence-corrected chi connectivity index (χ1v) is 9.92. The molecule has 0 saturated heterocycles. The van der Waals surface area contributed by atoms with Gasteiger partial charge in [0.25, 0.3) is 0 Å². The lowest BCUT2D eigenvalue weighted by Crippen LogP contribution is -2.34. The molecule has 2 heterocycles. The van der Waals surface area contributed by atoms with Gasteiger partial charge < -0.3 is 9.32 Å². The molecule has 3 aromatic rings. The fourth-order valence-corrected chi connectivity index (χ4v) is 3.54. The number of para-hydroxylation sites is 1. The molecule has 146 valence electrons. The summed E-state index contributed by atoms with van der Waals surface area (Å²) in [5, 5.41) is 26.6. The highest BCUT2D eigenvalue weighted by Crippen LogP contribution is 2.28. The van der Waals surface area contributed by atoms with E-state index in [1.54, 1.807) is 18.4 Å². The smallest absolute Gasteiger partial charge is 0.233 e. The number of aromatic nitrogens is 3. The van der Waals surface area contributed by atoms with Gasteiger partial charge in [-0.25, -0.2) is 0 Å². The minimum absolute atomic E-state index is 0.125. The number of amides is 1. The van der Waals surface area contributed by atoms with E-state index in [4.69, 9.17) is 14.9 Å². The molecule has 2 aromatic heterocycles. The van der Waals surface area contributed by atoms with Gasteiger partial charge in [0.15, 0.2) is 10.9 Å².